The molecule has 0 saturated carbocycles. The van der Waals surface area contributed by atoms with E-state index in [1.807, 2.05) is 6.07 Å². The van der Waals surface area contributed by atoms with Crippen LogP contribution in [0.1, 0.15) is 17.5 Å². The maximum Gasteiger partial charge on any atom is 0.305 e. The van der Waals surface area contributed by atoms with E-state index >= 15 is 0 Å². The Labute approximate surface area is 162 Å². The van der Waals surface area contributed by atoms with Gasteiger partial charge in [-0.1, -0.05) is 0 Å². The van der Waals surface area contributed by atoms with Crippen LogP contribution >= 0.6 is 0 Å². The van der Waals surface area contributed by atoms with E-state index in [-0.39, 0.29) is 17.3 Å². The quantitative estimate of drug-likeness (QED) is 0.592. The van der Waals surface area contributed by atoms with Gasteiger partial charge in [0, 0.05) is 18.0 Å². The molecule has 0 amide bonds. The van der Waals surface area contributed by atoms with E-state index in [1.54, 1.807) is 18.2 Å². The molecular weight excluding hydrogens is 380 g/mol. The zero-order chi connectivity index (χ0) is 20.3. The maximum absolute atomic E-state index is 13.2. The molecule has 3 aromatic rings. The Morgan fingerprint density at radius 2 is 1.86 bits per heavy atom. The topological polar surface area (TPSA) is 98.4 Å². The maximum atomic E-state index is 13.2. The zero-order valence-corrected chi connectivity index (χ0v) is 16.2. The van der Waals surface area contributed by atoms with E-state index in [0.717, 1.165) is 0 Å². The number of rotatable bonds is 6. The molecule has 0 radical (unpaired) electrons. The lowest BCUT2D eigenvalue weighted by atomic mass is 10.1. The Hall–Kier alpha value is -3.31. The number of hydrogen-bond acceptors (Lipinski definition) is 6. The van der Waals surface area contributed by atoms with Crippen LogP contribution in [-0.4, -0.2) is 32.6 Å². The minimum Gasteiger partial charge on any atom is -0.497 e. The Morgan fingerprint density at radius 3 is 2.46 bits per heavy atom. The Balaban J connectivity index is 2.14. The van der Waals surface area contributed by atoms with E-state index in [0.29, 0.717) is 34.2 Å². The predicted molar refractivity (Wildman–Crippen MR) is 103 cm³/mol. The Kier molecular flexibility index (Phi) is 5.38. The Bertz CT molecular complexity index is 1170. The highest BCUT2D eigenvalue weighted by Crippen LogP contribution is 2.30. The second kappa shape index (κ2) is 7.74. The summed E-state index contributed by atoms with van der Waals surface area (Å²) in [6, 6.07) is 12.8. The number of carbonyl (C=O) groups excluding carboxylic acids is 1. The molecule has 0 spiro atoms. The normalized spacial score (nSPS) is 11.2. The number of carbonyl (C=O) groups is 1. The van der Waals surface area contributed by atoms with Gasteiger partial charge >= 0.3 is 5.97 Å². The molecule has 144 valence electrons. The first-order chi connectivity index (χ1) is 13.4. The van der Waals surface area contributed by atoms with Crippen molar-refractivity contribution < 1.29 is 22.7 Å². The van der Waals surface area contributed by atoms with Crippen LogP contribution in [0.3, 0.4) is 0 Å². The van der Waals surface area contributed by atoms with Gasteiger partial charge in [-0.2, -0.15) is 5.26 Å². The first-order valence-electron chi connectivity index (χ1n) is 8.41. The van der Waals surface area contributed by atoms with Crippen molar-refractivity contribution in [3.05, 3.63) is 59.8 Å². The molecule has 8 heteroatoms. The largest absolute Gasteiger partial charge is 0.497 e. The second-order valence-electron chi connectivity index (χ2n) is 6.05. The predicted octanol–water partition coefficient (Wildman–Crippen LogP) is 2.86. The molecule has 28 heavy (non-hydrogen) atoms. The van der Waals surface area contributed by atoms with Crippen molar-refractivity contribution in [1.29, 1.82) is 5.26 Å². The number of aromatic nitrogens is 1. The van der Waals surface area contributed by atoms with Gasteiger partial charge in [-0.25, -0.2) is 12.4 Å². The molecule has 1 aromatic heterocycles. The van der Waals surface area contributed by atoms with Gasteiger partial charge in [-0.15, -0.1) is 0 Å². The third-order valence-corrected chi connectivity index (χ3v) is 6.11. The summed E-state index contributed by atoms with van der Waals surface area (Å²) in [7, 11) is -1.05. The summed E-state index contributed by atoms with van der Waals surface area (Å²) in [5, 5.41) is 9.59. The van der Waals surface area contributed by atoms with E-state index in [1.165, 1.54) is 48.7 Å². The molecule has 3 rings (SSSR count). The third kappa shape index (κ3) is 3.57. The molecule has 0 fully saturated rings. The standard InChI is InChI=1S/C20H18N2O5S/c1-26-16-6-9-19-18(11-16)15(5-10-20(23)27-2)13-22(19)28(24,25)17-7-3-14(12-21)4-8-17/h3-4,6-9,11,13H,5,10H2,1-2H3. The van der Waals surface area contributed by atoms with Crippen molar-refractivity contribution in [3.8, 4) is 11.8 Å². The number of ether oxygens (including phenoxy) is 2. The van der Waals surface area contributed by atoms with Gasteiger partial charge in [0.15, 0.2) is 0 Å². The average molecular weight is 398 g/mol. The highest BCUT2D eigenvalue weighted by molar-refractivity contribution is 7.90. The van der Waals surface area contributed by atoms with Gasteiger partial charge in [-0.05, 0) is 54.4 Å². The summed E-state index contributed by atoms with van der Waals surface area (Å²) in [6.45, 7) is 0. The minimum atomic E-state index is -3.88. The van der Waals surface area contributed by atoms with Crippen LogP contribution in [0.2, 0.25) is 0 Å². The molecule has 0 aliphatic rings. The lowest BCUT2D eigenvalue weighted by Crippen LogP contribution is -2.12. The van der Waals surface area contributed by atoms with Gasteiger partial charge in [0.2, 0.25) is 0 Å². The molecule has 0 unspecified atom stereocenters. The van der Waals surface area contributed by atoms with E-state index in [2.05, 4.69) is 4.74 Å². The fourth-order valence-corrected chi connectivity index (χ4v) is 4.32. The van der Waals surface area contributed by atoms with Crippen LogP contribution in [0.4, 0.5) is 0 Å². The monoisotopic (exact) mass is 398 g/mol. The summed E-state index contributed by atoms with van der Waals surface area (Å²) >= 11 is 0. The van der Waals surface area contributed by atoms with E-state index in [9.17, 15) is 13.2 Å². The number of nitrogens with zero attached hydrogens (tertiary/aromatic N) is 2. The van der Waals surface area contributed by atoms with Crippen LogP contribution in [0.5, 0.6) is 5.75 Å². The molecule has 1 heterocycles. The molecule has 0 N–H and O–H groups in total. The summed E-state index contributed by atoms with van der Waals surface area (Å²) in [5.74, 6) is 0.207. The van der Waals surface area contributed by atoms with Crippen LogP contribution in [0, 0.1) is 11.3 Å². The number of benzene rings is 2. The highest BCUT2D eigenvalue weighted by atomic mass is 32.2. The van der Waals surface area contributed by atoms with Crippen LogP contribution in [0.25, 0.3) is 10.9 Å². The van der Waals surface area contributed by atoms with Crippen molar-refractivity contribution in [2.75, 3.05) is 14.2 Å². The summed E-state index contributed by atoms with van der Waals surface area (Å²) in [4.78, 5) is 11.6. The van der Waals surface area contributed by atoms with Gasteiger partial charge < -0.3 is 9.47 Å². The van der Waals surface area contributed by atoms with Gasteiger partial charge in [-0.3, -0.25) is 4.79 Å². The van der Waals surface area contributed by atoms with Crippen molar-refractivity contribution in [2.45, 2.75) is 17.7 Å². The van der Waals surface area contributed by atoms with Gasteiger partial charge in [0.25, 0.3) is 10.0 Å². The number of methoxy groups -OCH3 is 2. The molecule has 7 nitrogen and oxygen atoms in total. The minimum absolute atomic E-state index is 0.0683. The zero-order valence-electron chi connectivity index (χ0n) is 15.4. The summed E-state index contributed by atoms with van der Waals surface area (Å²) in [6.07, 6.45) is 1.97. The van der Waals surface area contributed by atoms with Crippen LogP contribution in [0.15, 0.2) is 53.6 Å². The van der Waals surface area contributed by atoms with Crippen molar-refractivity contribution >= 4 is 26.9 Å². The van der Waals surface area contributed by atoms with Gasteiger partial charge in [0.1, 0.15) is 5.75 Å². The van der Waals surface area contributed by atoms with Gasteiger partial charge in [0.05, 0.1) is 36.3 Å². The average Bonchev–Trinajstić information content (AvgIpc) is 3.10. The SMILES string of the molecule is COC(=O)CCc1cn(S(=O)(=O)c2ccc(C#N)cc2)c2ccc(OC)cc12. The lowest BCUT2D eigenvalue weighted by molar-refractivity contribution is -0.140. The number of aryl methyl sites for hydroxylation is 1. The fraction of sp³-hybridized carbons (Fsp3) is 0.200. The fourth-order valence-electron chi connectivity index (χ4n) is 2.92. The van der Waals surface area contributed by atoms with E-state index in [4.69, 9.17) is 10.00 Å². The van der Waals surface area contributed by atoms with Crippen molar-refractivity contribution in [3.63, 3.8) is 0 Å². The number of esters is 1. The lowest BCUT2D eigenvalue weighted by Gasteiger charge is -2.08. The van der Waals surface area contributed by atoms with Crippen LogP contribution < -0.4 is 4.74 Å². The molecule has 0 saturated heterocycles. The second-order valence-corrected chi connectivity index (χ2v) is 7.87. The summed E-state index contributed by atoms with van der Waals surface area (Å²) in [5.41, 5.74) is 1.54. The smallest absolute Gasteiger partial charge is 0.305 e. The number of fused-ring (bicyclic) bond motifs is 1. The molecular formula is C20H18N2O5S. The molecule has 2 aromatic carbocycles. The van der Waals surface area contributed by atoms with Crippen molar-refractivity contribution in [1.82, 2.24) is 3.97 Å². The molecule has 0 aliphatic carbocycles. The number of hydrogen-bond donors (Lipinski definition) is 0. The van der Waals surface area contributed by atoms with Crippen LogP contribution in [-0.2, 0) is 26.0 Å². The first kappa shape index (κ1) is 19.5. The highest BCUT2D eigenvalue weighted by Gasteiger charge is 2.22. The first-order valence-corrected chi connectivity index (χ1v) is 9.85. The Morgan fingerprint density at radius 1 is 1.14 bits per heavy atom. The molecule has 0 aliphatic heterocycles. The van der Waals surface area contributed by atoms with E-state index < -0.39 is 10.0 Å². The molecule has 0 bridgehead atoms. The third-order valence-electron chi connectivity index (χ3n) is 4.43. The molecule has 0 atom stereocenters. The number of nitriles is 1. The summed E-state index contributed by atoms with van der Waals surface area (Å²) < 4.78 is 37.5. The van der Waals surface area contributed by atoms with Crippen molar-refractivity contribution in [2.24, 2.45) is 0 Å².